The Morgan fingerprint density at radius 3 is 1.38 bits per heavy atom. The molecule has 0 rings (SSSR count). The third-order valence-electron chi connectivity index (χ3n) is 0.632. The van der Waals surface area contributed by atoms with Gasteiger partial charge in [-0.25, -0.2) is 0 Å². The molecule has 8 heavy (non-hydrogen) atoms. The molecule has 0 atom stereocenters. The van der Waals surface area contributed by atoms with Crippen molar-refractivity contribution in [2.75, 3.05) is 20.6 Å². The number of hydrazine groups is 1. The van der Waals surface area contributed by atoms with Crippen molar-refractivity contribution in [3.8, 4) is 0 Å². The normalized spacial score (nSPS) is 6.75. The van der Waals surface area contributed by atoms with Gasteiger partial charge in [0.2, 0.25) is 0 Å². The molecule has 0 aromatic heterocycles. The van der Waals surface area contributed by atoms with Crippen molar-refractivity contribution in [3.05, 3.63) is 0 Å². The first-order chi connectivity index (χ1) is 3.27. The minimum absolute atomic E-state index is 0. The Bertz CT molecular complexity index is 25.2. The summed E-state index contributed by atoms with van der Waals surface area (Å²) in [5, 5.41) is 0. The summed E-state index contributed by atoms with van der Waals surface area (Å²) in [5.74, 6) is 8.00. The Hall–Kier alpha value is 0.170. The van der Waals surface area contributed by atoms with Gasteiger partial charge < -0.3 is 4.90 Å². The molecule has 0 heterocycles. The maximum Gasteiger partial charge on any atom is -0.00533 e. The molecule has 54 valence electrons. The van der Waals surface area contributed by atoms with E-state index in [4.69, 9.17) is 0 Å². The molecule has 4 heteroatoms. The van der Waals surface area contributed by atoms with E-state index in [9.17, 15) is 0 Å². The average molecular weight is 142 g/mol. The van der Waals surface area contributed by atoms with Gasteiger partial charge in [-0.15, -0.1) is 12.4 Å². The molecule has 0 unspecified atom stereocenters. The maximum absolute atomic E-state index is 4.00. The molecular weight excluding hydrogens is 126 g/mol. The van der Waals surface area contributed by atoms with Gasteiger partial charge in [-0.3, -0.25) is 11.7 Å². The fourth-order valence-corrected chi connectivity index (χ4v) is 0. The van der Waals surface area contributed by atoms with Crippen LogP contribution in [0.5, 0.6) is 0 Å². The van der Waals surface area contributed by atoms with Crippen LogP contribution in [0.15, 0.2) is 0 Å². The van der Waals surface area contributed by atoms with E-state index >= 15 is 0 Å². The highest BCUT2D eigenvalue weighted by atomic mass is 35.5. The predicted molar refractivity (Wildman–Crippen MR) is 39.9 cm³/mol. The van der Waals surface area contributed by atoms with E-state index in [0.717, 1.165) is 6.54 Å². The van der Waals surface area contributed by atoms with Gasteiger partial charge in [0.15, 0.2) is 0 Å². The second kappa shape index (κ2) is 15.7. The van der Waals surface area contributed by atoms with Crippen molar-refractivity contribution < 1.29 is 0 Å². The van der Waals surface area contributed by atoms with E-state index in [1.807, 2.05) is 0 Å². The predicted octanol–water partition coefficient (Wildman–Crippen LogP) is -0.191. The maximum atomic E-state index is 4.00. The van der Waals surface area contributed by atoms with Crippen LogP contribution in [0, 0.1) is 0 Å². The summed E-state index contributed by atoms with van der Waals surface area (Å²) in [6, 6.07) is 0. The van der Waals surface area contributed by atoms with Crippen molar-refractivity contribution in [1.29, 1.82) is 0 Å². The summed E-state index contributed by atoms with van der Waals surface area (Å²) in [5.41, 5.74) is 0. The molecule has 0 aliphatic rings. The monoisotopic (exact) mass is 141 g/mol. The Balaban J connectivity index is -0.0000000750. The summed E-state index contributed by atoms with van der Waals surface area (Å²) in [6.07, 6.45) is 0. The van der Waals surface area contributed by atoms with Gasteiger partial charge in [0.25, 0.3) is 0 Å². The fraction of sp³-hybridized carbons (Fsp3) is 1.00. The van der Waals surface area contributed by atoms with Gasteiger partial charge in [-0.1, -0.05) is 6.92 Å². The average Bonchev–Trinajstić information content (AvgIpc) is 1.73. The Labute approximate surface area is 57.4 Å². The minimum atomic E-state index is 0. The van der Waals surface area contributed by atoms with Crippen LogP contribution in [0.25, 0.3) is 0 Å². The van der Waals surface area contributed by atoms with Crippen LogP contribution in [0.3, 0.4) is 0 Å². The molecule has 3 nitrogen and oxygen atoms in total. The van der Waals surface area contributed by atoms with Crippen molar-refractivity contribution in [1.82, 2.24) is 4.90 Å². The largest absolute Gasteiger partial charge is 0.310 e. The Kier molecular flexibility index (Phi) is 30.8. The van der Waals surface area contributed by atoms with E-state index in [0.29, 0.717) is 0 Å². The zero-order valence-electron chi connectivity index (χ0n) is 5.72. The molecule has 0 aromatic carbocycles. The molecule has 0 fully saturated rings. The molecule has 0 aliphatic heterocycles. The summed E-state index contributed by atoms with van der Waals surface area (Å²) in [7, 11) is 4.11. The molecule has 0 radical (unpaired) electrons. The topological polar surface area (TPSA) is 55.3 Å². The SMILES string of the molecule is CCN(C)C.Cl.NN. The van der Waals surface area contributed by atoms with Gasteiger partial charge >= 0.3 is 0 Å². The van der Waals surface area contributed by atoms with E-state index in [1.165, 1.54) is 0 Å². The number of halogens is 1. The highest BCUT2D eigenvalue weighted by Gasteiger charge is 1.72. The van der Waals surface area contributed by atoms with Crippen LogP contribution in [0.4, 0.5) is 0 Å². The Morgan fingerprint density at radius 2 is 1.38 bits per heavy atom. The van der Waals surface area contributed by atoms with E-state index in [2.05, 4.69) is 37.6 Å². The second-order valence-corrected chi connectivity index (χ2v) is 1.40. The number of rotatable bonds is 1. The van der Waals surface area contributed by atoms with Crippen LogP contribution in [-0.4, -0.2) is 25.5 Å². The van der Waals surface area contributed by atoms with Gasteiger partial charge in [-0.2, -0.15) is 0 Å². The molecule has 0 aliphatic carbocycles. The summed E-state index contributed by atoms with van der Waals surface area (Å²) in [4.78, 5) is 2.12. The number of nitrogens with zero attached hydrogens (tertiary/aromatic N) is 1. The molecule has 0 saturated carbocycles. The lowest BCUT2D eigenvalue weighted by Gasteiger charge is -2.00. The van der Waals surface area contributed by atoms with Gasteiger partial charge in [0.1, 0.15) is 0 Å². The molecule has 0 bridgehead atoms. The van der Waals surface area contributed by atoms with E-state index in [1.54, 1.807) is 0 Å². The molecule has 0 saturated heterocycles. The van der Waals surface area contributed by atoms with Gasteiger partial charge in [0.05, 0.1) is 0 Å². The van der Waals surface area contributed by atoms with Crippen molar-refractivity contribution in [2.45, 2.75) is 6.92 Å². The lowest BCUT2D eigenvalue weighted by atomic mass is 10.7. The first kappa shape index (κ1) is 15.7. The standard InChI is InChI=1S/C4H11N.ClH.H4N2/c1-4-5(2)3;;1-2/h4H2,1-3H3;1H;1-2H2. The van der Waals surface area contributed by atoms with Gasteiger partial charge in [0, 0.05) is 0 Å². The third-order valence-corrected chi connectivity index (χ3v) is 0.632. The van der Waals surface area contributed by atoms with Crippen molar-refractivity contribution >= 4 is 12.4 Å². The summed E-state index contributed by atoms with van der Waals surface area (Å²) >= 11 is 0. The van der Waals surface area contributed by atoms with E-state index in [-0.39, 0.29) is 12.4 Å². The molecule has 4 N–H and O–H groups in total. The molecule has 0 aromatic rings. The third kappa shape index (κ3) is 35.0. The summed E-state index contributed by atoms with van der Waals surface area (Å²) < 4.78 is 0. The fourth-order valence-electron chi connectivity index (χ4n) is 0. The zero-order chi connectivity index (χ0) is 6.28. The number of hydrogen-bond acceptors (Lipinski definition) is 3. The number of hydrogen-bond donors (Lipinski definition) is 2. The quantitative estimate of drug-likeness (QED) is 0.393. The first-order valence-electron chi connectivity index (χ1n) is 2.25. The smallest absolute Gasteiger partial charge is 0.00533 e. The van der Waals surface area contributed by atoms with Crippen molar-refractivity contribution in [3.63, 3.8) is 0 Å². The van der Waals surface area contributed by atoms with E-state index < -0.39 is 0 Å². The zero-order valence-corrected chi connectivity index (χ0v) is 6.53. The van der Waals surface area contributed by atoms with Crippen LogP contribution >= 0.6 is 12.4 Å². The van der Waals surface area contributed by atoms with Crippen LogP contribution in [0.1, 0.15) is 6.92 Å². The molecule has 0 spiro atoms. The van der Waals surface area contributed by atoms with Crippen LogP contribution in [-0.2, 0) is 0 Å². The second-order valence-electron chi connectivity index (χ2n) is 1.40. The lowest BCUT2D eigenvalue weighted by molar-refractivity contribution is 0.434. The summed E-state index contributed by atoms with van der Waals surface area (Å²) in [6.45, 7) is 3.26. The first-order valence-corrected chi connectivity index (χ1v) is 2.25. The lowest BCUT2D eigenvalue weighted by Crippen LogP contribution is -2.08. The minimum Gasteiger partial charge on any atom is -0.310 e. The van der Waals surface area contributed by atoms with Gasteiger partial charge in [-0.05, 0) is 20.6 Å². The molecule has 0 amide bonds. The highest BCUT2D eigenvalue weighted by molar-refractivity contribution is 5.85. The van der Waals surface area contributed by atoms with Crippen molar-refractivity contribution in [2.24, 2.45) is 11.7 Å². The highest BCUT2D eigenvalue weighted by Crippen LogP contribution is 1.63. The molecular formula is C4H16ClN3. The van der Waals surface area contributed by atoms with Crippen LogP contribution in [0.2, 0.25) is 0 Å². The number of nitrogens with two attached hydrogens (primary N) is 2. The van der Waals surface area contributed by atoms with Crippen LogP contribution < -0.4 is 11.7 Å². The Morgan fingerprint density at radius 1 is 1.25 bits per heavy atom.